The minimum Gasteiger partial charge on any atom is -0.379 e. The fourth-order valence-corrected chi connectivity index (χ4v) is 3.52. The van der Waals surface area contributed by atoms with Gasteiger partial charge in [-0.3, -0.25) is 9.80 Å². The molecule has 1 saturated carbocycles. The van der Waals surface area contributed by atoms with E-state index in [2.05, 4.69) is 22.0 Å². The predicted molar refractivity (Wildman–Crippen MR) is 69.1 cm³/mol. The van der Waals surface area contributed by atoms with E-state index in [1.165, 1.54) is 38.8 Å². The van der Waals surface area contributed by atoms with Crippen LogP contribution in [0.25, 0.3) is 0 Å². The number of morpholine rings is 1. The third-order valence-corrected chi connectivity index (χ3v) is 4.59. The maximum atomic E-state index is 5.43. The van der Waals surface area contributed by atoms with Crippen molar-refractivity contribution in [1.29, 1.82) is 0 Å². The lowest BCUT2D eigenvalue weighted by atomic mass is 9.89. The smallest absolute Gasteiger partial charge is 0.0594 e. The van der Waals surface area contributed by atoms with E-state index >= 15 is 0 Å². The van der Waals surface area contributed by atoms with E-state index in [-0.39, 0.29) is 0 Å². The van der Waals surface area contributed by atoms with Crippen molar-refractivity contribution in [2.75, 3.05) is 39.4 Å². The van der Waals surface area contributed by atoms with Crippen molar-refractivity contribution >= 4 is 0 Å². The van der Waals surface area contributed by atoms with Gasteiger partial charge in [0, 0.05) is 38.3 Å². The standard InChI is InChI=1S/C14H24N2O/c1-2-8-15(7-1)13-3-5-14(6-4-13)16-9-11-17-12-10-16/h1-2,13-14H,3-12H2/t13-,14-. The van der Waals surface area contributed by atoms with Crippen LogP contribution in [0, 0.1) is 0 Å². The summed E-state index contributed by atoms with van der Waals surface area (Å²) in [6.07, 6.45) is 10.2. The zero-order valence-corrected chi connectivity index (χ0v) is 10.7. The van der Waals surface area contributed by atoms with Crippen LogP contribution in [-0.2, 0) is 4.74 Å². The monoisotopic (exact) mass is 236 g/mol. The summed E-state index contributed by atoms with van der Waals surface area (Å²) >= 11 is 0. The Hall–Kier alpha value is -0.380. The van der Waals surface area contributed by atoms with Gasteiger partial charge in [-0.2, -0.15) is 0 Å². The van der Waals surface area contributed by atoms with Gasteiger partial charge in [-0.25, -0.2) is 0 Å². The molecule has 3 aliphatic rings. The molecular formula is C14H24N2O. The molecule has 0 amide bonds. The molecule has 0 aromatic carbocycles. The predicted octanol–water partition coefficient (Wildman–Crippen LogP) is 1.50. The molecule has 0 bridgehead atoms. The maximum absolute atomic E-state index is 5.43. The highest BCUT2D eigenvalue weighted by Crippen LogP contribution is 2.27. The number of ether oxygens (including phenoxy) is 1. The third-order valence-electron chi connectivity index (χ3n) is 4.59. The van der Waals surface area contributed by atoms with Crippen molar-refractivity contribution in [3.63, 3.8) is 0 Å². The normalized spacial score (nSPS) is 36.5. The van der Waals surface area contributed by atoms with Gasteiger partial charge in [0.25, 0.3) is 0 Å². The Morgan fingerprint density at radius 3 is 1.88 bits per heavy atom. The topological polar surface area (TPSA) is 15.7 Å². The summed E-state index contributed by atoms with van der Waals surface area (Å²) in [5.74, 6) is 0. The molecule has 0 unspecified atom stereocenters. The zero-order valence-electron chi connectivity index (χ0n) is 10.7. The first-order chi connectivity index (χ1) is 8.43. The summed E-state index contributed by atoms with van der Waals surface area (Å²) < 4.78 is 5.43. The fourth-order valence-electron chi connectivity index (χ4n) is 3.52. The Bertz CT molecular complexity index is 257. The molecule has 2 heterocycles. The molecule has 1 saturated heterocycles. The van der Waals surface area contributed by atoms with E-state index in [9.17, 15) is 0 Å². The molecular weight excluding hydrogens is 212 g/mol. The molecule has 3 rings (SSSR count). The van der Waals surface area contributed by atoms with Gasteiger partial charge in [0.15, 0.2) is 0 Å². The Balaban J connectivity index is 1.46. The van der Waals surface area contributed by atoms with Gasteiger partial charge in [0.1, 0.15) is 0 Å². The fraction of sp³-hybridized carbons (Fsp3) is 0.857. The van der Waals surface area contributed by atoms with Crippen LogP contribution in [0.5, 0.6) is 0 Å². The Labute approximate surface area is 104 Å². The van der Waals surface area contributed by atoms with Gasteiger partial charge < -0.3 is 4.74 Å². The number of rotatable bonds is 2. The third kappa shape index (κ3) is 2.72. The van der Waals surface area contributed by atoms with E-state index in [0.29, 0.717) is 0 Å². The molecule has 0 radical (unpaired) electrons. The molecule has 0 N–H and O–H groups in total. The average Bonchev–Trinajstić information content (AvgIpc) is 2.94. The summed E-state index contributed by atoms with van der Waals surface area (Å²) in [6.45, 7) is 6.56. The first-order valence-corrected chi connectivity index (χ1v) is 7.14. The Kier molecular flexibility index (Phi) is 3.79. The van der Waals surface area contributed by atoms with Gasteiger partial charge in [0.05, 0.1) is 13.2 Å². The van der Waals surface area contributed by atoms with Crippen LogP contribution in [0.15, 0.2) is 12.2 Å². The lowest BCUT2D eigenvalue weighted by molar-refractivity contribution is 0.00233. The molecule has 2 aliphatic heterocycles. The van der Waals surface area contributed by atoms with Crippen LogP contribution >= 0.6 is 0 Å². The highest BCUT2D eigenvalue weighted by Gasteiger charge is 2.29. The van der Waals surface area contributed by atoms with Gasteiger partial charge in [-0.1, -0.05) is 12.2 Å². The lowest BCUT2D eigenvalue weighted by Crippen LogP contribution is -2.47. The van der Waals surface area contributed by atoms with Crippen LogP contribution in [0.3, 0.4) is 0 Å². The largest absolute Gasteiger partial charge is 0.379 e. The highest BCUT2D eigenvalue weighted by atomic mass is 16.5. The molecule has 1 aliphatic carbocycles. The Morgan fingerprint density at radius 1 is 0.765 bits per heavy atom. The van der Waals surface area contributed by atoms with Crippen LogP contribution < -0.4 is 0 Å². The summed E-state index contributed by atoms with van der Waals surface area (Å²) in [7, 11) is 0. The van der Waals surface area contributed by atoms with E-state index < -0.39 is 0 Å². The van der Waals surface area contributed by atoms with Crippen molar-refractivity contribution in [3.05, 3.63) is 12.2 Å². The van der Waals surface area contributed by atoms with E-state index in [4.69, 9.17) is 4.74 Å². The summed E-state index contributed by atoms with van der Waals surface area (Å²) in [6, 6.07) is 1.69. The Morgan fingerprint density at radius 2 is 1.29 bits per heavy atom. The van der Waals surface area contributed by atoms with Gasteiger partial charge in [-0.15, -0.1) is 0 Å². The second kappa shape index (κ2) is 5.51. The van der Waals surface area contributed by atoms with Crippen molar-refractivity contribution < 1.29 is 4.74 Å². The van der Waals surface area contributed by atoms with E-state index in [0.717, 1.165) is 38.4 Å². The van der Waals surface area contributed by atoms with Crippen LogP contribution in [0.1, 0.15) is 25.7 Å². The minimum atomic E-state index is 0.839. The zero-order chi connectivity index (χ0) is 11.5. The SMILES string of the molecule is C1=CCN([C@H]2CC[C@H](N3CCOCC3)CC2)C1. The van der Waals surface area contributed by atoms with Crippen LogP contribution in [0.2, 0.25) is 0 Å². The molecule has 0 aromatic heterocycles. The lowest BCUT2D eigenvalue weighted by Gasteiger charge is -2.40. The van der Waals surface area contributed by atoms with Crippen LogP contribution in [0.4, 0.5) is 0 Å². The van der Waals surface area contributed by atoms with Crippen molar-refractivity contribution in [2.45, 2.75) is 37.8 Å². The quantitative estimate of drug-likeness (QED) is 0.676. The van der Waals surface area contributed by atoms with Gasteiger partial charge in [0.2, 0.25) is 0 Å². The average molecular weight is 236 g/mol. The molecule has 2 fully saturated rings. The molecule has 0 spiro atoms. The van der Waals surface area contributed by atoms with Gasteiger partial charge in [-0.05, 0) is 25.7 Å². The van der Waals surface area contributed by atoms with E-state index in [1.54, 1.807) is 0 Å². The summed E-state index contributed by atoms with van der Waals surface area (Å²) in [4.78, 5) is 5.29. The summed E-state index contributed by atoms with van der Waals surface area (Å²) in [5, 5.41) is 0. The summed E-state index contributed by atoms with van der Waals surface area (Å²) in [5.41, 5.74) is 0. The number of hydrogen-bond donors (Lipinski definition) is 0. The molecule has 0 aromatic rings. The highest BCUT2D eigenvalue weighted by molar-refractivity contribution is 4.99. The number of hydrogen-bond acceptors (Lipinski definition) is 3. The second-order valence-electron chi connectivity index (χ2n) is 5.54. The molecule has 0 atom stereocenters. The van der Waals surface area contributed by atoms with Crippen molar-refractivity contribution in [1.82, 2.24) is 9.80 Å². The maximum Gasteiger partial charge on any atom is 0.0594 e. The minimum absolute atomic E-state index is 0.839. The van der Waals surface area contributed by atoms with E-state index in [1.807, 2.05) is 0 Å². The molecule has 17 heavy (non-hydrogen) atoms. The number of nitrogens with zero attached hydrogens (tertiary/aromatic N) is 2. The van der Waals surface area contributed by atoms with Crippen molar-refractivity contribution in [2.24, 2.45) is 0 Å². The molecule has 96 valence electrons. The molecule has 3 nitrogen and oxygen atoms in total. The molecule has 3 heteroatoms. The first kappa shape index (κ1) is 11.7. The van der Waals surface area contributed by atoms with Crippen molar-refractivity contribution in [3.8, 4) is 0 Å². The van der Waals surface area contributed by atoms with Crippen LogP contribution in [-0.4, -0.2) is 61.3 Å². The first-order valence-electron chi connectivity index (χ1n) is 7.14. The van der Waals surface area contributed by atoms with Gasteiger partial charge >= 0.3 is 0 Å². The second-order valence-corrected chi connectivity index (χ2v) is 5.54.